The van der Waals surface area contributed by atoms with Crippen LogP contribution < -0.4 is 0 Å². The van der Waals surface area contributed by atoms with E-state index in [4.69, 9.17) is 14.9 Å². The molecule has 0 heterocycles. The maximum atomic E-state index is 9.44. The summed E-state index contributed by atoms with van der Waals surface area (Å²) in [5.74, 6) is 0. The Bertz CT molecular complexity index is 240. The van der Waals surface area contributed by atoms with Gasteiger partial charge >= 0.3 is 16.5 Å². The Labute approximate surface area is 136 Å². The highest BCUT2D eigenvalue weighted by Crippen LogP contribution is 2.30. The lowest BCUT2D eigenvalue weighted by Gasteiger charge is -2.01. The molecule has 3 N–H and O–H groups in total. The van der Waals surface area contributed by atoms with Gasteiger partial charge in [-0.05, 0) is 6.42 Å². The fourth-order valence-corrected chi connectivity index (χ4v) is 2.63. The minimum absolute atomic E-state index is 0.372. The zero-order chi connectivity index (χ0) is 17.1. The predicted molar refractivity (Wildman–Crippen MR) is 91.7 cm³/mol. The van der Waals surface area contributed by atoms with Crippen LogP contribution in [0.5, 0.6) is 0 Å². The molecule has 0 bridgehead atoms. The van der Waals surface area contributed by atoms with Gasteiger partial charge in [0, 0.05) is 6.61 Å². The van der Waals surface area contributed by atoms with Gasteiger partial charge in [-0.1, -0.05) is 77.6 Å². The molecule has 0 aliphatic heterocycles. The number of aliphatic hydroxyl groups is 1. The number of rotatable bonds is 14. The van der Waals surface area contributed by atoms with Crippen molar-refractivity contribution in [3.63, 3.8) is 0 Å². The van der Waals surface area contributed by atoms with Crippen LogP contribution in [-0.4, -0.2) is 21.5 Å². The van der Waals surface area contributed by atoms with Crippen LogP contribution in [0.1, 0.15) is 84.0 Å². The van der Waals surface area contributed by atoms with Crippen LogP contribution in [0.4, 0.5) is 0 Å². The Kier molecular flexibility index (Phi) is 23.8. The number of hydrogen-bond donors (Lipinski definition) is 3. The maximum Gasteiger partial charge on any atom is 0.323 e. The molecule has 0 aliphatic carbocycles. The first-order valence-corrected chi connectivity index (χ1v) is 10.8. The summed E-state index contributed by atoms with van der Waals surface area (Å²) in [5, 5.41) is 8.61. The Hall–Kier alpha value is 0.300. The van der Waals surface area contributed by atoms with Gasteiger partial charge in [0.25, 0.3) is 0 Å². The second-order valence-corrected chi connectivity index (χ2v) is 7.13. The number of aliphatic hydroxyl groups excluding tert-OH is 1. The van der Waals surface area contributed by atoms with E-state index in [1.165, 1.54) is 70.6 Å². The molecule has 0 aromatic carbocycles. The van der Waals surface area contributed by atoms with Crippen molar-refractivity contribution >= 4 is 16.5 Å². The van der Waals surface area contributed by atoms with Gasteiger partial charge in [-0.15, -0.1) is 0 Å². The number of hydrogen-bond acceptors (Lipinski definition) is 4. The molecule has 0 aliphatic rings. The lowest BCUT2D eigenvalue weighted by Crippen LogP contribution is -1.84. The molecule has 2 unspecified atom stereocenters. The van der Waals surface area contributed by atoms with E-state index < -0.39 is 16.5 Å². The molecule has 0 saturated heterocycles. The third-order valence-corrected chi connectivity index (χ3v) is 4.58. The van der Waals surface area contributed by atoms with Crippen molar-refractivity contribution in [3.05, 3.63) is 0 Å². The third-order valence-electron chi connectivity index (χ3n) is 3.19. The van der Waals surface area contributed by atoms with Gasteiger partial charge in [-0.2, -0.15) is 0 Å². The van der Waals surface area contributed by atoms with E-state index in [1.807, 2.05) is 0 Å². The van der Waals surface area contributed by atoms with E-state index in [9.17, 15) is 9.13 Å². The van der Waals surface area contributed by atoms with Gasteiger partial charge in [-0.25, -0.2) is 4.31 Å². The molecule has 0 saturated carbocycles. The molecule has 0 rings (SSSR count). The summed E-state index contributed by atoms with van der Waals surface area (Å²) in [6.07, 6.45) is 16.2. The molecule has 0 fully saturated rings. The Balaban J connectivity index is 0. The third kappa shape index (κ3) is 28.5. The van der Waals surface area contributed by atoms with E-state index in [-0.39, 0.29) is 0 Å². The second-order valence-electron chi connectivity index (χ2n) is 5.25. The number of unbranched alkanes of at least 4 members (excludes halogenated alkanes) is 11. The minimum Gasteiger partial charge on any atom is -0.396 e. The van der Waals surface area contributed by atoms with E-state index in [0.717, 1.165) is 6.42 Å². The van der Waals surface area contributed by atoms with E-state index in [2.05, 4.69) is 11.2 Å². The molecular formula is C14H34O6P2. The normalized spacial score (nSPS) is 13.3. The first-order valence-electron chi connectivity index (χ1n) is 8.29. The van der Waals surface area contributed by atoms with Crippen molar-refractivity contribution < 1.29 is 28.3 Å². The maximum absolute atomic E-state index is 9.44. The van der Waals surface area contributed by atoms with E-state index in [1.54, 1.807) is 0 Å². The van der Waals surface area contributed by atoms with Crippen molar-refractivity contribution in [2.45, 2.75) is 84.0 Å². The fraction of sp³-hybridized carbons (Fsp3) is 1.00. The molecule has 22 heavy (non-hydrogen) atoms. The van der Waals surface area contributed by atoms with Crippen LogP contribution in [0.25, 0.3) is 0 Å². The SMILES string of the molecule is CCCCCCCCCCCCCCO.O=[PH](O)O[PH](=O)O. The van der Waals surface area contributed by atoms with Gasteiger partial charge in [0.15, 0.2) is 0 Å². The lowest BCUT2D eigenvalue weighted by molar-refractivity contribution is 0.282. The van der Waals surface area contributed by atoms with Crippen LogP contribution in [-0.2, 0) is 13.4 Å². The van der Waals surface area contributed by atoms with Crippen molar-refractivity contribution in [2.75, 3.05) is 6.61 Å². The van der Waals surface area contributed by atoms with Crippen LogP contribution in [0, 0.1) is 0 Å². The van der Waals surface area contributed by atoms with Gasteiger partial charge in [-0.3, -0.25) is 9.13 Å². The second kappa shape index (κ2) is 21.3. The van der Waals surface area contributed by atoms with Crippen LogP contribution >= 0.6 is 16.5 Å². The van der Waals surface area contributed by atoms with Gasteiger partial charge < -0.3 is 14.9 Å². The zero-order valence-electron chi connectivity index (χ0n) is 13.8. The summed E-state index contributed by atoms with van der Waals surface area (Å²) < 4.78 is 22.3. The van der Waals surface area contributed by atoms with Crippen molar-refractivity contribution in [3.8, 4) is 0 Å². The van der Waals surface area contributed by atoms with Crippen LogP contribution in [0.3, 0.4) is 0 Å². The highest BCUT2D eigenvalue weighted by molar-refractivity contribution is 7.46. The summed E-state index contributed by atoms with van der Waals surface area (Å²) in [5.41, 5.74) is 0. The van der Waals surface area contributed by atoms with E-state index in [0.29, 0.717) is 6.61 Å². The molecule has 0 amide bonds. The summed E-state index contributed by atoms with van der Waals surface area (Å²) in [6, 6.07) is 0. The standard InChI is InChI=1S/C14H30O.H4O5P2/c1-2-3-4-5-6-7-8-9-10-11-12-13-14-15;1-6(2)5-7(3)4/h15H,2-14H2,1H3;6-7H,(H,1,2)(H,3,4). The largest absolute Gasteiger partial charge is 0.396 e. The summed E-state index contributed by atoms with van der Waals surface area (Å²) in [6.45, 7) is 2.64. The molecule has 6 nitrogen and oxygen atoms in total. The molecule has 0 aromatic rings. The molecule has 0 aromatic heterocycles. The summed E-state index contributed by atoms with van der Waals surface area (Å²) >= 11 is 0. The molecule has 8 heteroatoms. The van der Waals surface area contributed by atoms with Crippen molar-refractivity contribution in [2.24, 2.45) is 0 Å². The summed E-state index contributed by atoms with van der Waals surface area (Å²) in [7, 11) is -6.40. The lowest BCUT2D eigenvalue weighted by atomic mass is 10.1. The topological polar surface area (TPSA) is 104 Å². The Morgan fingerprint density at radius 2 is 1.00 bits per heavy atom. The average molecular weight is 360 g/mol. The monoisotopic (exact) mass is 360 g/mol. The van der Waals surface area contributed by atoms with Crippen molar-refractivity contribution in [1.82, 2.24) is 0 Å². The predicted octanol–water partition coefficient (Wildman–Crippen LogP) is 4.45. The minimum atomic E-state index is -3.20. The zero-order valence-corrected chi connectivity index (χ0v) is 15.8. The van der Waals surface area contributed by atoms with E-state index >= 15 is 0 Å². The Morgan fingerprint density at radius 3 is 1.23 bits per heavy atom. The van der Waals surface area contributed by atoms with Gasteiger partial charge in [0.05, 0.1) is 0 Å². The molecule has 0 radical (unpaired) electrons. The molecular weight excluding hydrogens is 326 g/mol. The first kappa shape index (κ1) is 24.6. The van der Waals surface area contributed by atoms with Crippen molar-refractivity contribution in [1.29, 1.82) is 0 Å². The molecule has 2 atom stereocenters. The quantitative estimate of drug-likeness (QED) is 0.312. The van der Waals surface area contributed by atoms with Crippen LogP contribution in [0.15, 0.2) is 0 Å². The fourth-order valence-electron chi connectivity index (χ4n) is 2.03. The average Bonchev–Trinajstić information content (AvgIpc) is 2.44. The van der Waals surface area contributed by atoms with Crippen LogP contribution in [0.2, 0.25) is 0 Å². The highest BCUT2D eigenvalue weighted by Gasteiger charge is 1.93. The first-order chi connectivity index (χ1) is 10.5. The molecule has 0 spiro atoms. The highest BCUT2D eigenvalue weighted by atomic mass is 31.2. The molecule has 136 valence electrons. The van der Waals surface area contributed by atoms with Gasteiger partial charge in [0.1, 0.15) is 0 Å². The summed E-state index contributed by atoms with van der Waals surface area (Å²) in [4.78, 5) is 15.4. The smallest absolute Gasteiger partial charge is 0.323 e. The Morgan fingerprint density at radius 1 is 0.682 bits per heavy atom. The van der Waals surface area contributed by atoms with Gasteiger partial charge in [0.2, 0.25) is 0 Å².